The third-order valence-corrected chi connectivity index (χ3v) is 11.1. The Hall–Kier alpha value is -0.910. The van der Waals surface area contributed by atoms with Crippen molar-refractivity contribution < 1.29 is 20.1 Å². The first-order valence-corrected chi connectivity index (χ1v) is 23.5. The number of carbonyl (C=O) groups is 1. The van der Waals surface area contributed by atoms with Crippen LogP contribution in [-0.4, -0.2) is 46.1 Å². The molecule has 0 heterocycles. The van der Waals surface area contributed by atoms with Gasteiger partial charge in [-0.1, -0.05) is 225 Å². The van der Waals surface area contributed by atoms with Gasteiger partial charge in [-0.15, -0.1) is 0 Å². The van der Waals surface area contributed by atoms with Crippen molar-refractivity contribution >= 4 is 5.91 Å². The molecule has 0 bridgehead atoms. The minimum atomic E-state index is -0.746. The summed E-state index contributed by atoms with van der Waals surface area (Å²) in [7, 11) is 0. The Morgan fingerprint density at radius 1 is 0.462 bits per heavy atom. The highest BCUT2D eigenvalue weighted by molar-refractivity contribution is 5.76. The highest BCUT2D eigenvalue weighted by atomic mass is 16.3. The minimum absolute atomic E-state index is 0.0381. The summed E-state index contributed by atoms with van der Waals surface area (Å²) >= 11 is 0. The van der Waals surface area contributed by atoms with Gasteiger partial charge in [0.05, 0.1) is 31.3 Å². The Kier molecular flexibility index (Phi) is 42.1. The topological polar surface area (TPSA) is 89.8 Å². The van der Waals surface area contributed by atoms with Crippen molar-refractivity contribution in [1.29, 1.82) is 0 Å². The molecule has 5 heteroatoms. The highest BCUT2D eigenvalue weighted by Gasteiger charge is 2.21. The quantitative estimate of drug-likeness (QED) is 0.0371. The summed E-state index contributed by atoms with van der Waals surface area (Å²) in [4.78, 5) is 12.4. The van der Waals surface area contributed by atoms with Gasteiger partial charge in [0.25, 0.3) is 0 Å². The van der Waals surface area contributed by atoms with Gasteiger partial charge >= 0.3 is 0 Å². The standard InChI is InChI=1S/C47H93NO4/c1-3-5-7-9-11-13-15-17-18-19-20-21-22-23-24-25-26-27-28-29-30-32-34-36-38-40-44(50)42-47(52)48-45(43-49)46(51)41-39-37-35-33-31-16-14-12-10-8-6-4-2/h23-24,44-46,49-51H,3-22,25-43H2,1-2H3,(H,48,52)/b24-23-. The van der Waals surface area contributed by atoms with Gasteiger partial charge in [-0.3, -0.25) is 4.79 Å². The first kappa shape index (κ1) is 51.1. The van der Waals surface area contributed by atoms with Crippen LogP contribution in [0.3, 0.4) is 0 Å². The second kappa shape index (κ2) is 42.8. The van der Waals surface area contributed by atoms with Crippen molar-refractivity contribution in [3.8, 4) is 0 Å². The van der Waals surface area contributed by atoms with E-state index in [4.69, 9.17) is 0 Å². The van der Waals surface area contributed by atoms with Gasteiger partial charge in [0, 0.05) is 0 Å². The molecule has 0 aromatic rings. The van der Waals surface area contributed by atoms with Crippen molar-refractivity contribution in [1.82, 2.24) is 5.32 Å². The fourth-order valence-electron chi connectivity index (χ4n) is 7.46. The van der Waals surface area contributed by atoms with Gasteiger partial charge in [0.2, 0.25) is 5.91 Å². The molecule has 0 aliphatic carbocycles. The average molecular weight is 736 g/mol. The molecule has 4 N–H and O–H groups in total. The van der Waals surface area contributed by atoms with Crippen LogP contribution in [0.4, 0.5) is 0 Å². The lowest BCUT2D eigenvalue weighted by atomic mass is 10.0. The Labute approximate surface area is 325 Å². The fourth-order valence-corrected chi connectivity index (χ4v) is 7.46. The molecular formula is C47H93NO4. The SMILES string of the molecule is CCCCCCCCCCCCCC/C=C\CCCCCCCCCCCC(O)CC(=O)NC(CO)C(O)CCCCCCCCCCCCCC. The summed E-state index contributed by atoms with van der Waals surface area (Å²) in [5, 5.41) is 33.4. The van der Waals surface area contributed by atoms with E-state index in [-0.39, 0.29) is 18.9 Å². The maximum absolute atomic E-state index is 12.4. The average Bonchev–Trinajstić information content (AvgIpc) is 3.14. The Bertz CT molecular complexity index is 728. The first-order valence-electron chi connectivity index (χ1n) is 23.5. The van der Waals surface area contributed by atoms with E-state index in [0.717, 1.165) is 25.7 Å². The van der Waals surface area contributed by atoms with E-state index in [9.17, 15) is 20.1 Å². The lowest BCUT2D eigenvalue weighted by molar-refractivity contribution is -0.125. The minimum Gasteiger partial charge on any atom is -0.394 e. The van der Waals surface area contributed by atoms with E-state index in [1.165, 1.54) is 199 Å². The summed E-state index contributed by atoms with van der Waals surface area (Å²) in [5.74, 6) is -0.282. The largest absolute Gasteiger partial charge is 0.394 e. The van der Waals surface area contributed by atoms with Gasteiger partial charge in [-0.2, -0.15) is 0 Å². The summed E-state index contributed by atoms with van der Waals surface area (Å²) in [6.45, 7) is 4.27. The molecule has 0 fully saturated rings. The first-order chi connectivity index (χ1) is 25.5. The van der Waals surface area contributed by atoms with E-state index in [1.807, 2.05) is 0 Å². The molecule has 0 rings (SSSR count). The van der Waals surface area contributed by atoms with E-state index in [1.54, 1.807) is 0 Å². The van der Waals surface area contributed by atoms with Gasteiger partial charge in [0.15, 0.2) is 0 Å². The van der Waals surface area contributed by atoms with Gasteiger partial charge in [0.1, 0.15) is 0 Å². The zero-order valence-corrected chi connectivity index (χ0v) is 35.2. The van der Waals surface area contributed by atoms with Crippen molar-refractivity contribution in [2.75, 3.05) is 6.61 Å². The monoisotopic (exact) mass is 736 g/mol. The molecule has 0 spiro atoms. The van der Waals surface area contributed by atoms with Crippen molar-refractivity contribution in [2.24, 2.45) is 0 Å². The number of hydrogen-bond acceptors (Lipinski definition) is 4. The lowest BCUT2D eigenvalue weighted by Gasteiger charge is -2.23. The van der Waals surface area contributed by atoms with Crippen molar-refractivity contribution in [3.63, 3.8) is 0 Å². The molecule has 5 nitrogen and oxygen atoms in total. The molecule has 0 saturated carbocycles. The lowest BCUT2D eigenvalue weighted by Crippen LogP contribution is -2.46. The van der Waals surface area contributed by atoms with E-state index >= 15 is 0 Å². The Morgan fingerprint density at radius 2 is 0.769 bits per heavy atom. The van der Waals surface area contributed by atoms with E-state index < -0.39 is 18.2 Å². The van der Waals surface area contributed by atoms with E-state index in [0.29, 0.717) is 12.8 Å². The highest BCUT2D eigenvalue weighted by Crippen LogP contribution is 2.16. The van der Waals surface area contributed by atoms with Crippen molar-refractivity contribution in [2.45, 2.75) is 276 Å². The van der Waals surface area contributed by atoms with Crippen LogP contribution in [0.15, 0.2) is 12.2 Å². The van der Waals surface area contributed by atoms with Crippen LogP contribution in [0.5, 0.6) is 0 Å². The van der Waals surface area contributed by atoms with E-state index in [2.05, 4.69) is 31.3 Å². The number of carbonyl (C=O) groups excluding carboxylic acids is 1. The van der Waals surface area contributed by atoms with Gasteiger partial charge < -0.3 is 20.6 Å². The molecule has 3 unspecified atom stereocenters. The van der Waals surface area contributed by atoms with Crippen LogP contribution in [0, 0.1) is 0 Å². The molecule has 3 atom stereocenters. The van der Waals surface area contributed by atoms with Crippen LogP contribution in [0.2, 0.25) is 0 Å². The normalized spacial score (nSPS) is 13.6. The fraction of sp³-hybridized carbons (Fsp3) is 0.936. The molecule has 0 aliphatic rings. The maximum atomic E-state index is 12.4. The van der Waals surface area contributed by atoms with Crippen LogP contribution in [0.25, 0.3) is 0 Å². The molecule has 310 valence electrons. The third kappa shape index (κ3) is 38.8. The Balaban J connectivity index is 3.54. The smallest absolute Gasteiger partial charge is 0.222 e. The number of rotatable bonds is 43. The number of aliphatic hydroxyl groups is 3. The zero-order chi connectivity index (χ0) is 38.0. The molecule has 0 saturated heterocycles. The zero-order valence-electron chi connectivity index (χ0n) is 35.2. The molecule has 1 amide bonds. The number of nitrogens with one attached hydrogen (secondary N) is 1. The number of hydrogen-bond donors (Lipinski definition) is 4. The summed E-state index contributed by atoms with van der Waals surface area (Å²) in [5.41, 5.74) is 0. The molecule has 52 heavy (non-hydrogen) atoms. The predicted octanol–water partition coefficient (Wildman–Crippen LogP) is 13.6. The summed E-state index contributed by atoms with van der Waals surface area (Å²) in [6.07, 6.45) is 50.5. The summed E-state index contributed by atoms with van der Waals surface area (Å²) < 4.78 is 0. The number of unbranched alkanes of at least 4 members (excludes halogenated alkanes) is 32. The second-order valence-electron chi connectivity index (χ2n) is 16.4. The molecule has 0 radical (unpaired) electrons. The number of aliphatic hydroxyl groups excluding tert-OH is 3. The van der Waals surface area contributed by atoms with Crippen molar-refractivity contribution in [3.05, 3.63) is 12.2 Å². The van der Waals surface area contributed by atoms with Crippen LogP contribution in [0.1, 0.15) is 258 Å². The Morgan fingerprint density at radius 3 is 1.12 bits per heavy atom. The summed E-state index contributed by atoms with van der Waals surface area (Å²) in [6, 6.07) is -0.655. The second-order valence-corrected chi connectivity index (χ2v) is 16.4. The number of allylic oxidation sites excluding steroid dienone is 2. The molecule has 0 aromatic carbocycles. The van der Waals surface area contributed by atoms with Crippen LogP contribution < -0.4 is 5.32 Å². The van der Waals surface area contributed by atoms with Crippen LogP contribution in [-0.2, 0) is 4.79 Å². The molecule has 0 aromatic heterocycles. The molecule has 0 aliphatic heterocycles. The maximum Gasteiger partial charge on any atom is 0.222 e. The van der Waals surface area contributed by atoms with Crippen LogP contribution >= 0.6 is 0 Å². The van der Waals surface area contributed by atoms with Gasteiger partial charge in [-0.25, -0.2) is 0 Å². The predicted molar refractivity (Wildman–Crippen MR) is 227 cm³/mol. The molecular weight excluding hydrogens is 643 g/mol. The third-order valence-electron chi connectivity index (χ3n) is 11.1. The number of amides is 1. The van der Waals surface area contributed by atoms with Gasteiger partial charge in [-0.05, 0) is 38.5 Å².